The first kappa shape index (κ1) is 18.1. The third-order valence-electron chi connectivity index (χ3n) is 3.19. The van der Waals surface area contributed by atoms with Crippen LogP contribution in [0.2, 0.25) is 0 Å². The number of carbonyl (C=O) groups is 2. The van der Waals surface area contributed by atoms with Gasteiger partial charge in [-0.25, -0.2) is 9.59 Å². The number of carbonyl (C=O) groups excluding carboxylic acids is 2. The summed E-state index contributed by atoms with van der Waals surface area (Å²) in [6, 6.07) is 18.6. The molecule has 0 fully saturated rings. The number of amides is 2. The highest BCUT2D eigenvalue weighted by molar-refractivity contribution is 5.74. The van der Waals surface area contributed by atoms with Crippen molar-refractivity contribution in [1.29, 1.82) is 0 Å². The van der Waals surface area contributed by atoms with Gasteiger partial charge in [0.2, 0.25) is 0 Å². The van der Waals surface area contributed by atoms with Crippen LogP contribution in [0.3, 0.4) is 0 Å². The first-order chi connectivity index (χ1) is 12.2. The van der Waals surface area contributed by atoms with Gasteiger partial charge in [0.15, 0.2) is 0 Å². The molecule has 0 saturated carbocycles. The monoisotopic (exact) mass is 340 g/mol. The summed E-state index contributed by atoms with van der Waals surface area (Å²) in [5.74, 6) is 0.191. The van der Waals surface area contributed by atoms with Crippen molar-refractivity contribution in [1.82, 2.24) is 10.6 Å². The maximum absolute atomic E-state index is 11.8. The topological polar surface area (TPSA) is 76.7 Å². The molecule has 0 aromatic heterocycles. The standard InChI is InChI=1S/C19H20N2O4/c1-2-17(20-18(22)24-13-15-9-5-3-6-10-15)21-19(23)25-14-16-11-7-4-8-12-16/h2-12H,13-14H2,1H3,(H,20,22)(H,21,23). The number of benzene rings is 2. The number of alkyl carbamates (subject to hydrolysis) is 2. The van der Waals surface area contributed by atoms with E-state index in [0.717, 1.165) is 11.1 Å². The Hall–Kier alpha value is -3.28. The van der Waals surface area contributed by atoms with Crippen molar-refractivity contribution in [2.75, 3.05) is 0 Å². The average molecular weight is 340 g/mol. The molecule has 2 N–H and O–H groups in total. The molecule has 0 atom stereocenters. The van der Waals surface area contributed by atoms with Gasteiger partial charge in [0.25, 0.3) is 0 Å². The van der Waals surface area contributed by atoms with E-state index >= 15 is 0 Å². The molecule has 25 heavy (non-hydrogen) atoms. The summed E-state index contributed by atoms with van der Waals surface area (Å²) in [6.07, 6.45) is 0.203. The van der Waals surface area contributed by atoms with Crippen LogP contribution in [0.4, 0.5) is 9.59 Å². The Morgan fingerprint density at radius 2 is 1.20 bits per heavy atom. The number of ether oxygens (including phenoxy) is 2. The SMILES string of the molecule is CC=C(NC(=O)OCc1ccccc1)NC(=O)OCc1ccccc1. The minimum Gasteiger partial charge on any atom is -0.444 e. The number of nitrogens with one attached hydrogen (secondary N) is 2. The first-order valence-corrected chi connectivity index (χ1v) is 7.79. The van der Waals surface area contributed by atoms with Gasteiger partial charge >= 0.3 is 12.2 Å². The zero-order valence-corrected chi connectivity index (χ0v) is 13.9. The van der Waals surface area contributed by atoms with Crippen molar-refractivity contribution in [2.24, 2.45) is 0 Å². The van der Waals surface area contributed by atoms with Gasteiger partial charge in [-0.3, -0.25) is 10.6 Å². The molecule has 6 heteroatoms. The molecular weight excluding hydrogens is 320 g/mol. The summed E-state index contributed by atoms with van der Waals surface area (Å²) in [5.41, 5.74) is 1.74. The summed E-state index contributed by atoms with van der Waals surface area (Å²) >= 11 is 0. The van der Waals surface area contributed by atoms with Crippen molar-refractivity contribution in [3.05, 3.63) is 83.7 Å². The highest BCUT2D eigenvalue weighted by Gasteiger charge is 2.10. The predicted molar refractivity (Wildman–Crippen MR) is 93.3 cm³/mol. The van der Waals surface area contributed by atoms with E-state index in [4.69, 9.17) is 9.47 Å². The second kappa shape index (κ2) is 9.77. The quantitative estimate of drug-likeness (QED) is 0.840. The third kappa shape index (κ3) is 6.78. The zero-order valence-electron chi connectivity index (χ0n) is 13.9. The van der Waals surface area contributed by atoms with Crippen LogP contribution >= 0.6 is 0 Å². The van der Waals surface area contributed by atoms with Crippen LogP contribution in [-0.2, 0) is 22.7 Å². The lowest BCUT2D eigenvalue weighted by atomic mass is 10.2. The van der Waals surface area contributed by atoms with Crippen molar-refractivity contribution < 1.29 is 19.1 Å². The number of hydrogen-bond acceptors (Lipinski definition) is 4. The van der Waals surface area contributed by atoms with Crippen LogP contribution in [0.15, 0.2) is 72.6 Å². The van der Waals surface area contributed by atoms with Gasteiger partial charge in [-0.05, 0) is 24.1 Å². The number of allylic oxidation sites excluding steroid dienone is 1. The van der Waals surface area contributed by atoms with Crippen molar-refractivity contribution in [3.8, 4) is 0 Å². The van der Waals surface area contributed by atoms with Crippen LogP contribution in [-0.4, -0.2) is 12.2 Å². The Morgan fingerprint density at radius 1 is 0.800 bits per heavy atom. The molecule has 0 heterocycles. The van der Waals surface area contributed by atoms with Gasteiger partial charge in [-0.2, -0.15) is 0 Å². The fraction of sp³-hybridized carbons (Fsp3) is 0.158. The molecule has 0 spiro atoms. The lowest BCUT2D eigenvalue weighted by Crippen LogP contribution is -2.35. The van der Waals surface area contributed by atoms with E-state index in [1.165, 1.54) is 6.08 Å². The van der Waals surface area contributed by atoms with Crippen molar-refractivity contribution in [2.45, 2.75) is 20.1 Å². The van der Waals surface area contributed by atoms with E-state index in [2.05, 4.69) is 10.6 Å². The zero-order chi connectivity index (χ0) is 17.9. The summed E-state index contributed by atoms with van der Waals surface area (Å²) in [6.45, 7) is 1.95. The predicted octanol–water partition coefficient (Wildman–Crippen LogP) is 3.70. The number of rotatable bonds is 6. The molecule has 2 amide bonds. The molecule has 130 valence electrons. The van der Waals surface area contributed by atoms with Gasteiger partial charge in [-0.15, -0.1) is 0 Å². The minimum atomic E-state index is -0.666. The highest BCUT2D eigenvalue weighted by atomic mass is 16.6. The fourth-order valence-corrected chi connectivity index (χ4v) is 1.91. The van der Waals surface area contributed by atoms with Gasteiger partial charge in [0.1, 0.15) is 19.0 Å². The molecule has 0 unspecified atom stereocenters. The number of hydrogen-bond donors (Lipinski definition) is 2. The molecule has 0 bridgehead atoms. The van der Waals surface area contributed by atoms with Gasteiger partial charge in [0.05, 0.1) is 0 Å². The summed E-state index contributed by atoms with van der Waals surface area (Å²) in [7, 11) is 0. The molecule has 0 radical (unpaired) electrons. The Kier molecular flexibility index (Phi) is 7.06. The first-order valence-electron chi connectivity index (χ1n) is 7.79. The normalized spacial score (nSPS) is 9.64. The fourth-order valence-electron chi connectivity index (χ4n) is 1.91. The molecule has 2 aromatic carbocycles. The van der Waals surface area contributed by atoms with Crippen molar-refractivity contribution >= 4 is 12.2 Å². The Bertz CT molecular complexity index is 655. The maximum Gasteiger partial charge on any atom is 0.413 e. The second-order valence-electron chi connectivity index (χ2n) is 5.08. The molecule has 6 nitrogen and oxygen atoms in total. The molecule has 2 rings (SSSR count). The van der Waals surface area contributed by atoms with Crippen LogP contribution in [0.1, 0.15) is 18.1 Å². The molecule has 0 aliphatic carbocycles. The van der Waals surface area contributed by atoms with Crippen LogP contribution < -0.4 is 10.6 Å². The molecule has 0 aliphatic heterocycles. The molecule has 0 saturated heterocycles. The Balaban J connectivity index is 1.73. The van der Waals surface area contributed by atoms with E-state index in [1.54, 1.807) is 6.92 Å². The summed E-state index contributed by atoms with van der Waals surface area (Å²) < 4.78 is 10.2. The summed E-state index contributed by atoms with van der Waals surface area (Å²) in [5, 5.41) is 4.91. The van der Waals surface area contributed by atoms with Gasteiger partial charge in [0, 0.05) is 0 Å². The molecule has 0 aliphatic rings. The summed E-state index contributed by atoms with van der Waals surface area (Å²) in [4.78, 5) is 23.6. The Morgan fingerprint density at radius 3 is 1.56 bits per heavy atom. The maximum atomic E-state index is 11.8. The van der Waals surface area contributed by atoms with Crippen molar-refractivity contribution in [3.63, 3.8) is 0 Å². The van der Waals surface area contributed by atoms with E-state index in [1.807, 2.05) is 60.7 Å². The molecule has 2 aromatic rings. The van der Waals surface area contributed by atoms with E-state index in [-0.39, 0.29) is 19.0 Å². The van der Waals surface area contributed by atoms with Gasteiger partial charge < -0.3 is 9.47 Å². The van der Waals surface area contributed by atoms with Gasteiger partial charge in [-0.1, -0.05) is 60.7 Å². The largest absolute Gasteiger partial charge is 0.444 e. The lowest BCUT2D eigenvalue weighted by Gasteiger charge is -2.12. The average Bonchev–Trinajstić information content (AvgIpc) is 2.66. The Labute approximate surface area is 146 Å². The highest BCUT2D eigenvalue weighted by Crippen LogP contribution is 2.02. The third-order valence-corrected chi connectivity index (χ3v) is 3.19. The minimum absolute atomic E-state index is 0.141. The molecular formula is C19H20N2O4. The second-order valence-corrected chi connectivity index (χ2v) is 5.08. The van der Waals surface area contributed by atoms with Crippen LogP contribution in [0, 0.1) is 0 Å². The van der Waals surface area contributed by atoms with E-state index in [0.29, 0.717) is 0 Å². The van der Waals surface area contributed by atoms with Crippen LogP contribution in [0.5, 0.6) is 0 Å². The van der Waals surface area contributed by atoms with Crippen LogP contribution in [0.25, 0.3) is 0 Å². The van der Waals surface area contributed by atoms with E-state index in [9.17, 15) is 9.59 Å². The smallest absolute Gasteiger partial charge is 0.413 e. The lowest BCUT2D eigenvalue weighted by molar-refractivity contribution is 0.136. The van der Waals surface area contributed by atoms with E-state index < -0.39 is 12.2 Å².